The van der Waals surface area contributed by atoms with Crippen LogP contribution in [0.4, 0.5) is 0 Å². The number of aryl methyl sites for hydroxylation is 3. The summed E-state index contributed by atoms with van der Waals surface area (Å²) in [5.41, 5.74) is 11.8. The molecule has 0 aromatic heterocycles. The first-order valence-corrected chi connectivity index (χ1v) is 5.93. The first-order chi connectivity index (χ1) is 7.09. The molecule has 1 aromatic carbocycles. The second kappa shape index (κ2) is 3.97. The number of hydrogen-bond donors (Lipinski definition) is 1. The Labute approximate surface area is 92.7 Å². The first kappa shape index (κ1) is 10.7. The highest BCUT2D eigenvalue weighted by molar-refractivity contribution is 5.40. The highest BCUT2D eigenvalue weighted by Gasteiger charge is 2.27. The van der Waals surface area contributed by atoms with E-state index >= 15 is 0 Å². The van der Waals surface area contributed by atoms with E-state index in [1.165, 1.54) is 41.5 Å². The molecule has 1 aliphatic carbocycles. The van der Waals surface area contributed by atoms with Crippen LogP contribution in [-0.2, 0) is 0 Å². The van der Waals surface area contributed by atoms with Gasteiger partial charge in [-0.25, -0.2) is 0 Å². The molecule has 1 atom stereocenters. The fourth-order valence-electron chi connectivity index (χ4n) is 2.75. The maximum Gasteiger partial charge on any atom is 0.0328 e. The van der Waals surface area contributed by atoms with Gasteiger partial charge in [0.2, 0.25) is 0 Å². The van der Waals surface area contributed by atoms with Crippen molar-refractivity contribution in [1.29, 1.82) is 0 Å². The number of rotatable bonds is 2. The van der Waals surface area contributed by atoms with Crippen molar-refractivity contribution >= 4 is 0 Å². The third kappa shape index (κ3) is 1.93. The van der Waals surface area contributed by atoms with Crippen molar-refractivity contribution in [2.24, 2.45) is 11.7 Å². The van der Waals surface area contributed by atoms with Crippen LogP contribution < -0.4 is 5.73 Å². The second-order valence-corrected chi connectivity index (χ2v) is 5.03. The molecule has 1 aromatic rings. The summed E-state index contributed by atoms with van der Waals surface area (Å²) in [5, 5.41) is 0. The van der Waals surface area contributed by atoms with Gasteiger partial charge in [-0.05, 0) is 56.2 Å². The van der Waals surface area contributed by atoms with Crippen LogP contribution >= 0.6 is 0 Å². The molecule has 0 saturated heterocycles. The maximum absolute atomic E-state index is 6.35. The van der Waals surface area contributed by atoms with Gasteiger partial charge in [0.15, 0.2) is 0 Å². The van der Waals surface area contributed by atoms with E-state index in [-0.39, 0.29) is 6.04 Å². The SMILES string of the molecule is Cc1cc(C)c([C@H](N)C2CCC2)c(C)c1. The average molecular weight is 203 g/mol. The zero-order chi connectivity index (χ0) is 11.0. The summed E-state index contributed by atoms with van der Waals surface area (Å²) in [6.07, 6.45) is 3.99. The molecule has 1 aliphatic rings. The van der Waals surface area contributed by atoms with Crippen molar-refractivity contribution in [2.45, 2.75) is 46.1 Å². The lowest BCUT2D eigenvalue weighted by Gasteiger charge is -2.33. The van der Waals surface area contributed by atoms with Gasteiger partial charge < -0.3 is 5.73 Å². The van der Waals surface area contributed by atoms with Crippen molar-refractivity contribution in [1.82, 2.24) is 0 Å². The van der Waals surface area contributed by atoms with E-state index in [1.807, 2.05) is 0 Å². The van der Waals surface area contributed by atoms with E-state index in [1.54, 1.807) is 0 Å². The van der Waals surface area contributed by atoms with E-state index in [9.17, 15) is 0 Å². The molecule has 0 spiro atoms. The van der Waals surface area contributed by atoms with Crippen LogP contribution in [0.3, 0.4) is 0 Å². The Bertz CT molecular complexity index is 341. The Kier molecular flexibility index (Phi) is 2.83. The molecule has 0 radical (unpaired) electrons. The summed E-state index contributed by atoms with van der Waals surface area (Å²) in [6, 6.07) is 4.76. The maximum atomic E-state index is 6.35. The normalized spacial score (nSPS) is 18.7. The number of nitrogens with two attached hydrogens (primary N) is 1. The van der Waals surface area contributed by atoms with Gasteiger partial charge in [-0.3, -0.25) is 0 Å². The Morgan fingerprint density at radius 1 is 1.13 bits per heavy atom. The molecule has 2 rings (SSSR count). The Morgan fingerprint density at radius 3 is 2.07 bits per heavy atom. The lowest BCUT2D eigenvalue weighted by molar-refractivity contribution is 0.263. The smallest absolute Gasteiger partial charge is 0.0328 e. The fraction of sp³-hybridized carbons (Fsp3) is 0.571. The zero-order valence-corrected chi connectivity index (χ0v) is 10.0. The number of hydrogen-bond acceptors (Lipinski definition) is 1. The molecule has 0 aliphatic heterocycles. The predicted molar refractivity (Wildman–Crippen MR) is 64.9 cm³/mol. The Balaban J connectivity index is 2.33. The van der Waals surface area contributed by atoms with Gasteiger partial charge in [0.25, 0.3) is 0 Å². The third-order valence-corrected chi connectivity index (χ3v) is 3.73. The van der Waals surface area contributed by atoms with Crippen LogP contribution in [0.1, 0.15) is 47.6 Å². The summed E-state index contributed by atoms with van der Waals surface area (Å²) >= 11 is 0. The molecular formula is C14H21N. The topological polar surface area (TPSA) is 26.0 Å². The van der Waals surface area contributed by atoms with E-state index in [0.29, 0.717) is 0 Å². The quantitative estimate of drug-likeness (QED) is 0.783. The van der Waals surface area contributed by atoms with E-state index < -0.39 is 0 Å². The molecule has 0 bridgehead atoms. The predicted octanol–water partition coefficient (Wildman–Crippen LogP) is 3.41. The van der Waals surface area contributed by atoms with Gasteiger partial charge >= 0.3 is 0 Å². The van der Waals surface area contributed by atoms with Crippen molar-refractivity contribution in [3.63, 3.8) is 0 Å². The molecule has 2 N–H and O–H groups in total. The van der Waals surface area contributed by atoms with Gasteiger partial charge in [-0.1, -0.05) is 24.1 Å². The van der Waals surface area contributed by atoms with Crippen LogP contribution in [0, 0.1) is 26.7 Å². The highest BCUT2D eigenvalue weighted by atomic mass is 14.7. The fourth-order valence-corrected chi connectivity index (χ4v) is 2.75. The van der Waals surface area contributed by atoms with E-state index in [0.717, 1.165) is 5.92 Å². The molecule has 15 heavy (non-hydrogen) atoms. The average Bonchev–Trinajstić information content (AvgIpc) is 1.97. The molecule has 1 saturated carbocycles. The minimum atomic E-state index is 0.263. The molecule has 0 unspecified atom stereocenters. The largest absolute Gasteiger partial charge is 0.324 e. The van der Waals surface area contributed by atoms with Crippen LogP contribution in [0.5, 0.6) is 0 Å². The van der Waals surface area contributed by atoms with E-state index in [4.69, 9.17) is 5.73 Å². The lowest BCUT2D eigenvalue weighted by atomic mass is 9.75. The summed E-state index contributed by atoms with van der Waals surface area (Å²) in [6.45, 7) is 6.53. The summed E-state index contributed by atoms with van der Waals surface area (Å²) in [4.78, 5) is 0. The minimum absolute atomic E-state index is 0.263. The van der Waals surface area contributed by atoms with Gasteiger partial charge in [0.05, 0.1) is 0 Å². The molecule has 0 amide bonds. The van der Waals surface area contributed by atoms with Crippen LogP contribution in [-0.4, -0.2) is 0 Å². The van der Waals surface area contributed by atoms with Crippen molar-refractivity contribution in [2.75, 3.05) is 0 Å². The zero-order valence-electron chi connectivity index (χ0n) is 10.0. The van der Waals surface area contributed by atoms with E-state index in [2.05, 4.69) is 32.9 Å². The first-order valence-electron chi connectivity index (χ1n) is 5.93. The van der Waals surface area contributed by atoms with Gasteiger partial charge in [-0.2, -0.15) is 0 Å². The van der Waals surface area contributed by atoms with Crippen molar-refractivity contribution in [3.05, 3.63) is 34.4 Å². The lowest BCUT2D eigenvalue weighted by Crippen LogP contribution is -2.28. The van der Waals surface area contributed by atoms with Gasteiger partial charge in [-0.15, -0.1) is 0 Å². The summed E-state index contributed by atoms with van der Waals surface area (Å²) in [7, 11) is 0. The van der Waals surface area contributed by atoms with Crippen LogP contribution in [0.25, 0.3) is 0 Å². The molecule has 1 fully saturated rings. The van der Waals surface area contributed by atoms with Crippen molar-refractivity contribution in [3.8, 4) is 0 Å². The minimum Gasteiger partial charge on any atom is -0.324 e. The summed E-state index contributed by atoms with van der Waals surface area (Å²) < 4.78 is 0. The Hall–Kier alpha value is -0.820. The molecule has 82 valence electrons. The number of benzene rings is 1. The molecular weight excluding hydrogens is 182 g/mol. The monoisotopic (exact) mass is 203 g/mol. The van der Waals surface area contributed by atoms with Crippen LogP contribution in [0.2, 0.25) is 0 Å². The standard InChI is InChI=1S/C14H21N/c1-9-7-10(2)13(11(3)8-9)14(15)12-5-4-6-12/h7-8,12,14H,4-6,15H2,1-3H3/t14-/m1/s1. The van der Waals surface area contributed by atoms with Crippen molar-refractivity contribution < 1.29 is 0 Å². The summed E-state index contributed by atoms with van der Waals surface area (Å²) in [5.74, 6) is 0.727. The van der Waals surface area contributed by atoms with Crippen LogP contribution in [0.15, 0.2) is 12.1 Å². The molecule has 1 heteroatoms. The second-order valence-electron chi connectivity index (χ2n) is 5.03. The highest BCUT2D eigenvalue weighted by Crippen LogP contribution is 2.38. The molecule has 0 heterocycles. The van der Waals surface area contributed by atoms with Gasteiger partial charge in [0, 0.05) is 6.04 Å². The van der Waals surface area contributed by atoms with Gasteiger partial charge in [0.1, 0.15) is 0 Å². The molecule has 1 nitrogen and oxygen atoms in total. The Morgan fingerprint density at radius 2 is 1.67 bits per heavy atom. The third-order valence-electron chi connectivity index (χ3n) is 3.73.